The van der Waals surface area contributed by atoms with Crippen molar-refractivity contribution in [3.05, 3.63) is 45.0 Å². The van der Waals surface area contributed by atoms with E-state index in [0.717, 1.165) is 0 Å². The molecule has 0 spiro atoms. The Kier molecular flexibility index (Phi) is 6.14. The number of carbonyl (C=O) groups excluding carboxylic acids is 1. The Balaban J connectivity index is 2.19. The van der Waals surface area contributed by atoms with Crippen LogP contribution in [0.4, 0.5) is 0 Å². The molecule has 1 aromatic carbocycles. The minimum Gasteiger partial charge on any atom is -0.490 e. The van der Waals surface area contributed by atoms with E-state index in [-0.39, 0.29) is 29.3 Å². The zero-order valence-electron chi connectivity index (χ0n) is 17.2. The molecule has 2 aliphatic rings. The lowest BCUT2D eigenvalue weighted by molar-refractivity contribution is -0.119. The van der Waals surface area contributed by atoms with Gasteiger partial charge in [-0.3, -0.25) is 4.79 Å². The fraction of sp³-hybridized carbons (Fsp3) is 0.391. The lowest BCUT2D eigenvalue weighted by Crippen LogP contribution is -2.33. The smallest absolute Gasteiger partial charge is 0.205 e. The Morgan fingerprint density at radius 3 is 2.73 bits per heavy atom. The number of hydrogen-bond acceptors (Lipinski definition) is 6. The van der Waals surface area contributed by atoms with Crippen LogP contribution in [0.15, 0.2) is 39.4 Å². The van der Waals surface area contributed by atoms with E-state index in [1.807, 2.05) is 20.8 Å². The molecule has 156 valence electrons. The highest BCUT2D eigenvalue weighted by Gasteiger charge is 2.43. The first-order valence-electron chi connectivity index (χ1n) is 9.58. The topological polar surface area (TPSA) is 94.6 Å². The molecule has 1 aliphatic carbocycles. The van der Waals surface area contributed by atoms with E-state index < -0.39 is 5.92 Å². The van der Waals surface area contributed by atoms with Gasteiger partial charge in [-0.2, -0.15) is 5.26 Å². The molecule has 0 amide bonds. The van der Waals surface area contributed by atoms with Gasteiger partial charge in [0.2, 0.25) is 5.88 Å². The summed E-state index contributed by atoms with van der Waals surface area (Å²) in [4.78, 5) is 13.1. The summed E-state index contributed by atoms with van der Waals surface area (Å²) in [6, 6.07) is 5.69. The summed E-state index contributed by atoms with van der Waals surface area (Å²) in [5, 5.41) is 9.79. The molecule has 0 fully saturated rings. The predicted octanol–water partition coefficient (Wildman–Crippen LogP) is 4.31. The lowest BCUT2D eigenvalue weighted by atomic mass is 9.70. The summed E-state index contributed by atoms with van der Waals surface area (Å²) in [7, 11) is 0. The van der Waals surface area contributed by atoms with E-state index >= 15 is 0 Å². The average molecular weight is 471 g/mol. The molecular formula is C23H23BrN2O4. The zero-order valence-corrected chi connectivity index (χ0v) is 18.8. The first kappa shape index (κ1) is 21.8. The van der Waals surface area contributed by atoms with Crippen LogP contribution in [0.3, 0.4) is 0 Å². The van der Waals surface area contributed by atoms with Crippen LogP contribution >= 0.6 is 15.9 Å². The molecule has 3 rings (SSSR count). The third kappa shape index (κ3) is 4.04. The highest BCUT2D eigenvalue weighted by molar-refractivity contribution is 9.10. The molecule has 0 aromatic heterocycles. The van der Waals surface area contributed by atoms with Crippen LogP contribution in [0.2, 0.25) is 0 Å². The third-order valence-corrected chi connectivity index (χ3v) is 5.63. The number of carbonyl (C=O) groups is 1. The molecule has 1 aliphatic heterocycles. The number of hydrogen-bond donors (Lipinski definition) is 1. The van der Waals surface area contributed by atoms with Gasteiger partial charge in [-0.15, -0.1) is 6.42 Å². The number of ketones is 1. The van der Waals surface area contributed by atoms with Gasteiger partial charge >= 0.3 is 0 Å². The van der Waals surface area contributed by atoms with Crippen LogP contribution < -0.4 is 15.2 Å². The minimum absolute atomic E-state index is 0.0218. The summed E-state index contributed by atoms with van der Waals surface area (Å²) in [5.41, 5.74) is 7.21. The standard InChI is InChI=1S/C23H23BrN2O4/c1-5-7-29-21-15(24)8-13(9-17(21)28-6-2)19-14(12-25)22(26)30-18-11-23(3,4)10-16(27)20(18)19/h1,8-9,19H,6-7,10-11,26H2,2-4H3/t19-/m1/s1. The first-order chi connectivity index (χ1) is 14.2. The molecule has 7 heteroatoms. The number of ether oxygens (including phenoxy) is 3. The average Bonchev–Trinajstić information content (AvgIpc) is 2.65. The second kappa shape index (κ2) is 8.45. The summed E-state index contributed by atoms with van der Waals surface area (Å²) >= 11 is 3.51. The molecule has 1 atom stereocenters. The van der Waals surface area contributed by atoms with E-state index in [1.165, 1.54) is 0 Å². The van der Waals surface area contributed by atoms with Crippen molar-refractivity contribution in [2.75, 3.05) is 13.2 Å². The number of nitrogens with two attached hydrogens (primary N) is 1. The van der Waals surface area contributed by atoms with E-state index in [1.54, 1.807) is 12.1 Å². The fourth-order valence-electron chi connectivity index (χ4n) is 3.89. The second-order valence-corrected chi connectivity index (χ2v) is 8.81. The number of nitriles is 1. The quantitative estimate of drug-likeness (QED) is 0.644. The van der Waals surface area contributed by atoms with Gasteiger partial charge in [-0.25, -0.2) is 0 Å². The second-order valence-electron chi connectivity index (χ2n) is 7.96. The van der Waals surface area contributed by atoms with Gasteiger partial charge in [-0.1, -0.05) is 19.8 Å². The summed E-state index contributed by atoms with van der Waals surface area (Å²) in [5.74, 6) is 3.22. The van der Waals surface area contributed by atoms with Crippen LogP contribution in [0, 0.1) is 29.1 Å². The number of halogens is 1. The SMILES string of the molecule is C#CCOc1c(Br)cc([C@@H]2C(C#N)=C(N)OC3=C2C(=O)CC(C)(C)C3)cc1OCC. The molecule has 0 saturated heterocycles. The molecule has 0 saturated carbocycles. The van der Waals surface area contributed by atoms with Crippen molar-refractivity contribution in [2.24, 2.45) is 11.1 Å². The Labute approximate surface area is 184 Å². The Bertz CT molecular complexity index is 1040. The first-order valence-corrected chi connectivity index (χ1v) is 10.4. The van der Waals surface area contributed by atoms with Crippen LogP contribution in [0.25, 0.3) is 0 Å². The van der Waals surface area contributed by atoms with E-state index in [9.17, 15) is 10.1 Å². The van der Waals surface area contributed by atoms with Gasteiger partial charge in [0.05, 0.1) is 17.0 Å². The van der Waals surface area contributed by atoms with Crippen molar-refractivity contribution >= 4 is 21.7 Å². The summed E-state index contributed by atoms with van der Waals surface area (Å²) in [6.07, 6.45) is 6.25. The van der Waals surface area contributed by atoms with Crippen LogP contribution in [-0.4, -0.2) is 19.0 Å². The van der Waals surface area contributed by atoms with Gasteiger partial charge in [0.1, 0.15) is 24.0 Å². The maximum absolute atomic E-state index is 13.1. The number of Topliss-reactive ketones (excluding diaryl/α,β-unsaturated/α-hetero) is 1. The third-order valence-electron chi connectivity index (χ3n) is 5.04. The molecule has 30 heavy (non-hydrogen) atoms. The number of nitrogens with zero attached hydrogens (tertiary/aromatic N) is 1. The maximum Gasteiger partial charge on any atom is 0.205 e. The highest BCUT2D eigenvalue weighted by Crippen LogP contribution is 2.49. The van der Waals surface area contributed by atoms with Crippen molar-refractivity contribution in [1.29, 1.82) is 5.26 Å². The van der Waals surface area contributed by atoms with Crippen LogP contribution in [-0.2, 0) is 9.53 Å². The molecular weight excluding hydrogens is 448 g/mol. The normalized spacial score (nSPS) is 20.1. The van der Waals surface area contributed by atoms with E-state index in [2.05, 4.69) is 27.9 Å². The summed E-state index contributed by atoms with van der Waals surface area (Å²) in [6.45, 7) is 6.35. The van der Waals surface area contributed by atoms with Gasteiger partial charge in [0, 0.05) is 18.4 Å². The summed E-state index contributed by atoms with van der Waals surface area (Å²) < 4.78 is 17.7. The van der Waals surface area contributed by atoms with Crippen LogP contribution in [0.5, 0.6) is 11.5 Å². The number of benzene rings is 1. The van der Waals surface area contributed by atoms with Crippen LogP contribution in [0.1, 0.15) is 45.1 Å². The largest absolute Gasteiger partial charge is 0.490 e. The van der Waals surface area contributed by atoms with Gasteiger partial charge in [-0.05, 0) is 46.0 Å². The van der Waals surface area contributed by atoms with Gasteiger partial charge in [0.25, 0.3) is 0 Å². The minimum atomic E-state index is -0.639. The number of rotatable bonds is 5. The predicted molar refractivity (Wildman–Crippen MR) is 115 cm³/mol. The lowest BCUT2D eigenvalue weighted by Gasteiger charge is -2.37. The number of terminal acetylenes is 1. The van der Waals surface area contributed by atoms with Crippen molar-refractivity contribution in [1.82, 2.24) is 0 Å². The van der Waals surface area contributed by atoms with E-state index in [0.29, 0.717) is 52.3 Å². The van der Waals surface area contributed by atoms with Crippen molar-refractivity contribution in [3.8, 4) is 29.9 Å². The van der Waals surface area contributed by atoms with Crippen molar-refractivity contribution < 1.29 is 19.0 Å². The Morgan fingerprint density at radius 1 is 1.37 bits per heavy atom. The van der Waals surface area contributed by atoms with Gasteiger partial charge in [0.15, 0.2) is 17.3 Å². The zero-order chi connectivity index (χ0) is 22.1. The van der Waals surface area contributed by atoms with E-state index in [4.69, 9.17) is 26.4 Å². The molecule has 1 aromatic rings. The fourth-order valence-corrected chi connectivity index (χ4v) is 4.46. The Hall–Kier alpha value is -2.90. The van der Waals surface area contributed by atoms with Crippen molar-refractivity contribution in [3.63, 3.8) is 0 Å². The number of allylic oxidation sites excluding steroid dienone is 3. The van der Waals surface area contributed by atoms with Crippen molar-refractivity contribution in [2.45, 2.75) is 39.5 Å². The molecule has 1 heterocycles. The monoisotopic (exact) mass is 470 g/mol. The maximum atomic E-state index is 13.1. The van der Waals surface area contributed by atoms with Gasteiger partial charge < -0.3 is 19.9 Å². The molecule has 2 N–H and O–H groups in total. The molecule has 0 radical (unpaired) electrons. The molecule has 6 nitrogen and oxygen atoms in total. The molecule has 0 bridgehead atoms. The highest BCUT2D eigenvalue weighted by atomic mass is 79.9. The Morgan fingerprint density at radius 2 is 2.10 bits per heavy atom. The molecule has 0 unspecified atom stereocenters.